The molecule has 0 amide bonds. The van der Waals surface area contributed by atoms with Gasteiger partial charge in [-0.25, -0.2) is 21.6 Å². The lowest BCUT2D eigenvalue weighted by Crippen LogP contribution is -2.47. The van der Waals surface area contributed by atoms with Gasteiger partial charge in [-0.2, -0.15) is 5.10 Å². The number of nitrogens with one attached hydrogen (secondary N) is 3. The average molecular weight is 322 g/mol. The van der Waals surface area contributed by atoms with Gasteiger partial charge < -0.3 is 5.32 Å². The van der Waals surface area contributed by atoms with Crippen LogP contribution in [0.2, 0.25) is 0 Å². The van der Waals surface area contributed by atoms with Crippen LogP contribution in [0.25, 0.3) is 0 Å². The van der Waals surface area contributed by atoms with E-state index in [9.17, 15) is 16.8 Å². The second-order valence-electron chi connectivity index (χ2n) is 5.26. The van der Waals surface area contributed by atoms with E-state index < -0.39 is 25.4 Å². The molecule has 0 aromatic carbocycles. The molecule has 0 bridgehead atoms. The van der Waals surface area contributed by atoms with Crippen LogP contribution in [0.3, 0.4) is 0 Å². The molecule has 0 radical (unpaired) electrons. The molecular weight excluding hydrogens is 304 g/mol. The van der Waals surface area contributed by atoms with Gasteiger partial charge in [0.05, 0.1) is 17.7 Å². The fraction of sp³-hybridized carbons (Fsp3) is 0.700. The van der Waals surface area contributed by atoms with E-state index >= 15 is 0 Å². The molecule has 3 N–H and O–H groups in total. The molecule has 2 rings (SSSR count). The third-order valence-electron chi connectivity index (χ3n) is 3.20. The minimum absolute atomic E-state index is 0.00162. The number of sulfonamides is 1. The summed E-state index contributed by atoms with van der Waals surface area (Å²) in [6, 6.07) is 0. The third-order valence-corrected chi connectivity index (χ3v) is 6.75. The molecule has 1 unspecified atom stereocenters. The van der Waals surface area contributed by atoms with Gasteiger partial charge in [0.2, 0.25) is 0 Å². The second kappa shape index (κ2) is 5.10. The molecule has 0 spiro atoms. The summed E-state index contributed by atoms with van der Waals surface area (Å²) in [5.41, 5.74) is -0.468. The summed E-state index contributed by atoms with van der Waals surface area (Å²) in [4.78, 5) is 0. The van der Waals surface area contributed by atoms with Gasteiger partial charge in [0.15, 0.2) is 14.9 Å². The van der Waals surface area contributed by atoms with Crippen molar-refractivity contribution in [1.29, 1.82) is 0 Å². The van der Waals surface area contributed by atoms with Crippen molar-refractivity contribution in [2.24, 2.45) is 0 Å². The van der Waals surface area contributed by atoms with E-state index in [-0.39, 0.29) is 23.0 Å². The normalized spacial score (nSPS) is 25.9. The van der Waals surface area contributed by atoms with Crippen molar-refractivity contribution in [3.63, 3.8) is 0 Å². The molecule has 2 heterocycles. The minimum Gasteiger partial charge on any atom is -0.316 e. The molecule has 20 heavy (non-hydrogen) atoms. The smallest absolute Gasteiger partial charge is 0.258 e. The van der Waals surface area contributed by atoms with E-state index in [2.05, 4.69) is 20.2 Å². The lowest BCUT2D eigenvalue weighted by molar-refractivity contribution is 0.460. The topological polar surface area (TPSA) is 121 Å². The predicted octanol–water partition coefficient (Wildman–Crippen LogP) is -1.02. The molecule has 1 aromatic rings. The van der Waals surface area contributed by atoms with E-state index in [1.54, 1.807) is 14.0 Å². The van der Waals surface area contributed by atoms with Crippen molar-refractivity contribution in [2.75, 3.05) is 18.6 Å². The number of hydrogen-bond acceptors (Lipinski definition) is 6. The van der Waals surface area contributed by atoms with E-state index in [0.717, 1.165) is 0 Å². The molecule has 8 nitrogen and oxygen atoms in total. The number of H-pyrrole nitrogens is 1. The van der Waals surface area contributed by atoms with Crippen molar-refractivity contribution >= 4 is 19.9 Å². The van der Waals surface area contributed by atoms with Crippen LogP contribution in [0.15, 0.2) is 11.2 Å². The first-order valence-electron chi connectivity index (χ1n) is 6.09. The van der Waals surface area contributed by atoms with Crippen molar-refractivity contribution < 1.29 is 16.8 Å². The number of sulfone groups is 1. The van der Waals surface area contributed by atoms with Crippen molar-refractivity contribution in [3.05, 3.63) is 11.8 Å². The van der Waals surface area contributed by atoms with E-state index in [1.807, 2.05) is 0 Å². The van der Waals surface area contributed by atoms with Crippen molar-refractivity contribution in [2.45, 2.75) is 30.5 Å². The van der Waals surface area contributed by atoms with Crippen LogP contribution < -0.4 is 10.0 Å². The zero-order valence-corrected chi connectivity index (χ0v) is 12.9. The number of aromatic amines is 1. The van der Waals surface area contributed by atoms with Crippen molar-refractivity contribution in [1.82, 2.24) is 20.2 Å². The first-order valence-corrected chi connectivity index (χ1v) is 9.39. The zero-order chi connectivity index (χ0) is 15.0. The van der Waals surface area contributed by atoms with Gasteiger partial charge in [-0.05, 0) is 20.4 Å². The van der Waals surface area contributed by atoms with Gasteiger partial charge in [-0.3, -0.25) is 5.10 Å². The molecule has 1 saturated heterocycles. The van der Waals surface area contributed by atoms with E-state index in [4.69, 9.17) is 0 Å². The largest absolute Gasteiger partial charge is 0.316 e. The maximum absolute atomic E-state index is 12.4. The highest BCUT2D eigenvalue weighted by molar-refractivity contribution is 7.92. The fourth-order valence-electron chi connectivity index (χ4n) is 2.31. The lowest BCUT2D eigenvalue weighted by Gasteiger charge is -2.23. The number of aromatic nitrogens is 2. The highest BCUT2D eigenvalue weighted by Gasteiger charge is 2.42. The summed E-state index contributed by atoms with van der Waals surface area (Å²) in [5, 5.41) is 9.00. The minimum atomic E-state index is -3.83. The van der Waals surface area contributed by atoms with Crippen molar-refractivity contribution in [3.8, 4) is 0 Å². The quantitative estimate of drug-likeness (QED) is 0.638. The Bertz CT molecular complexity index is 695. The summed E-state index contributed by atoms with van der Waals surface area (Å²) in [5.74, 6) is -0.187. The second-order valence-corrected chi connectivity index (χ2v) is 9.07. The Balaban J connectivity index is 2.26. The van der Waals surface area contributed by atoms with Crippen LogP contribution in [0.5, 0.6) is 0 Å². The molecule has 0 saturated carbocycles. The molecule has 10 heteroatoms. The maximum atomic E-state index is 12.4. The van der Waals surface area contributed by atoms with Crippen LogP contribution in [0, 0.1) is 0 Å². The van der Waals surface area contributed by atoms with Crippen LogP contribution in [-0.2, 0) is 26.4 Å². The number of nitrogens with zero attached hydrogens (tertiary/aromatic N) is 1. The van der Waals surface area contributed by atoms with E-state index in [0.29, 0.717) is 12.1 Å². The Labute approximate surface area is 118 Å². The Hall–Kier alpha value is -0.970. The van der Waals surface area contributed by atoms with Gasteiger partial charge in [0.1, 0.15) is 0 Å². The molecular formula is C10H18N4O4S2. The highest BCUT2D eigenvalue weighted by Crippen LogP contribution is 2.25. The molecule has 1 atom stereocenters. The molecule has 1 aromatic heterocycles. The number of rotatable bonds is 5. The SMILES string of the molecule is CNCc1cn[nH]c1S(=O)(=O)NC1(C)CCS(=O)(=O)C1. The summed E-state index contributed by atoms with van der Waals surface area (Å²) in [6.07, 6.45) is 1.70. The van der Waals surface area contributed by atoms with Gasteiger partial charge in [0, 0.05) is 17.6 Å². The number of hydrogen-bond donors (Lipinski definition) is 3. The summed E-state index contributed by atoms with van der Waals surface area (Å²) < 4.78 is 50.2. The molecule has 1 fully saturated rings. The van der Waals surface area contributed by atoms with Crippen LogP contribution in [0.4, 0.5) is 0 Å². The molecule has 1 aliphatic rings. The zero-order valence-electron chi connectivity index (χ0n) is 11.3. The molecule has 114 valence electrons. The van der Waals surface area contributed by atoms with Crippen LogP contribution in [-0.4, -0.2) is 51.1 Å². The predicted molar refractivity (Wildman–Crippen MR) is 73.3 cm³/mol. The first kappa shape index (κ1) is 15.4. The summed E-state index contributed by atoms with van der Waals surface area (Å²) in [6.45, 7) is 1.95. The molecule has 0 aliphatic carbocycles. The Morgan fingerprint density at radius 2 is 2.20 bits per heavy atom. The van der Waals surface area contributed by atoms with Gasteiger partial charge in [-0.15, -0.1) is 0 Å². The average Bonchev–Trinajstić information content (AvgIpc) is 2.84. The third kappa shape index (κ3) is 3.19. The van der Waals surface area contributed by atoms with Crippen LogP contribution >= 0.6 is 0 Å². The lowest BCUT2D eigenvalue weighted by atomic mass is 10.0. The Kier molecular flexibility index (Phi) is 3.93. The standard InChI is InChI=1S/C10H18N4O4S2/c1-10(3-4-19(15,16)7-10)14-20(17,18)9-8(5-11-2)6-12-13-9/h6,11,14H,3-5,7H2,1-2H3,(H,12,13). The van der Waals surface area contributed by atoms with E-state index in [1.165, 1.54) is 6.20 Å². The Morgan fingerprint density at radius 1 is 1.50 bits per heavy atom. The fourth-order valence-corrected chi connectivity index (χ4v) is 6.07. The molecule has 1 aliphatic heterocycles. The monoisotopic (exact) mass is 322 g/mol. The summed E-state index contributed by atoms with van der Waals surface area (Å²) in [7, 11) is -5.32. The van der Waals surface area contributed by atoms with Gasteiger partial charge in [-0.1, -0.05) is 0 Å². The van der Waals surface area contributed by atoms with Gasteiger partial charge in [0.25, 0.3) is 10.0 Å². The first-order chi connectivity index (χ1) is 9.18. The Morgan fingerprint density at radius 3 is 2.75 bits per heavy atom. The van der Waals surface area contributed by atoms with Gasteiger partial charge >= 0.3 is 0 Å². The van der Waals surface area contributed by atoms with Crippen LogP contribution in [0.1, 0.15) is 18.9 Å². The summed E-state index contributed by atoms with van der Waals surface area (Å²) >= 11 is 0. The highest BCUT2D eigenvalue weighted by atomic mass is 32.2. The maximum Gasteiger partial charge on any atom is 0.258 e.